The molecule has 8 nitrogen and oxygen atoms in total. The van der Waals surface area contributed by atoms with Crippen molar-refractivity contribution in [3.63, 3.8) is 0 Å². The lowest BCUT2D eigenvalue weighted by Gasteiger charge is -2.37. The maximum atomic E-state index is 14.1. The number of anilines is 1. The molecule has 7 N–H and O–H groups in total. The molecule has 1 aliphatic heterocycles. The summed E-state index contributed by atoms with van der Waals surface area (Å²) in [5.41, 5.74) is 21.7. The Kier molecular flexibility index (Phi) is 6.19. The topological polar surface area (TPSA) is 137 Å². The number of ketones is 1. The van der Waals surface area contributed by atoms with Crippen LogP contribution < -0.4 is 27.3 Å². The molecule has 0 radical (unpaired) electrons. The molecular formula is C30H31N5O3S. The summed E-state index contributed by atoms with van der Waals surface area (Å²) in [6.07, 6.45) is 0.871. The van der Waals surface area contributed by atoms with E-state index >= 15 is 0 Å². The third-order valence-corrected chi connectivity index (χ3v) is 9.24. The number of amides is 1. The van der Waals surface area contributed by atoms with Crippen molar-refractivity contribution in [3.05, 3.63) is 87.8 Å². The van der Waals surface area contributed by atoms with E-state index in [2.05, 4.69) is 5.32 Å². The van der Waals surface area contributed by atoms with E-state index in [1.165, 1.54) is 11.3 Å². The van der Waals surface area contributed by atoms with Gasteiger partial charge in [-0.1, -0.05) is 30.3 Å². The van der Waals surface area contributed by atoms with Gasteiger partial charge in [-0.25, -0.2) is 0 Å². The number of likely N-dealkylation sites (N-methyl/N-ethyl adjacent to an activating group) is 1. The molecule has 2 aliphatic rings. The van der Waals surface area contributed by atoms with E-state index < -0.39 is 11.6 Å². The highest BCUT2D eigenvalue weighted by atomic mass is 32.1. The first-order valence-corrected chi connectivity index (χ1v) is 13.8. The average molecular weight is 542 g/mol. The number of ether oxygens (including phenoxy) is 1. The Balaban J connectivity index is 1.47. The molecule has 3 unspecified atom stereocenters. The number of likely N-dealkylation sites (tertiary alicyclic amines) is 1. The molecule has 2 heterocycles. The molecule has 1 saturated heterocycles. The van der Waals surface area contributed by atoms with E-state index in [0.717, 1.165) is 16.7 Å². The van der Waals surface area contributed by atoms with Gasteiger partial charge in [0.15, 0.2) is 5.78 Å². The number of aryl methyl sites for hydroxylation is 1. The van der Waals surface area contributed by atoms with Crippen molar-refractivity contribution in [2.45, 2.75) is 31.0 Å². The predicted octanol–water partition coefficient (Wildman–Crippen LogP) is 3.80. The summed E-state index contributed by atoms with van der Waals surface area (Å²) in [6.45, 7) is 3.14. The van der Waals surface area contributed by atoms with Gasteiger partial charge in [0.25, 0.3) is 5.91 Å². The number of hydrogen-bond donors (Lipinski definition) is 4. The highest BCUT2D eigenvalue weighted by molar-refractivity contribution is 7.21. The van der Waals surface area contributed by atoms with Gasteiger partial charge in [-0.3, -0.25) is 9.59 Å². The minimum atomic E-state index is -1.51. The zero-order chi connectivity index (χ0) is 27.5. The van der Waals surface area contributed by atoms with E-state index in [-0.39, 0.29) is 17.7 Å². The van der Waals surface area contributed by atoms with Gasteiger partial charge < -0.3 is 32.2 Å². The van der Waals surface area contributed by atoms with E-state index in [9.17, 15) is 9.59 Å². The van der Waals surface area contributed by atoms with Crippen LogP contribution >= 0.6 is 11.3 Å². The molecule has 6 rings (SSSR count). The molecule has 3 aromatic carbocycles. The predicted molar refractivity (Wildman–Crippen MR) is 154 cm³/mol. The Morgan fingerprint density at radius 2 is 1.85 bits per heavy atom. The molecule has 1 aromatic heterocycles. The van der Waals surface area contributed by atoms with Crippen molar-refractivity contribution in [2.75, 3.05) is 25.9 Å². The van der Waals surface area contributed by atoms with E-state index in [0.29, 0.717) is 57.2 Å². The number of benzene rings is 3. The smallest absolute Gasteiger partial charge is 0.264 e. The zero-order valence-corrected chi connectivity index (χ0v) is 22.7. The molecule has 0 bridgehead atoms. The molecule has 0 spiro atoms. The highest BCUT2D eigenvalue weighted by Crippen LogP contribution is 2.50. The Morgan fingerprint density at radius 1 is 1.10 bits per heavy atom. The molecule has 200 valence electrons. The molecule has 1 fully saturated rings. The van der Waals surface area contributed by atoms with Gasteiger partial charge in [-0.05, 0) is 67.4 Å². The van der Waals surface area contributed by atoms with Crippen LogP contribution in [0.5, 0.6) is 11.5 Å². The maximum absolute atomic E-state index is 14.1. The third kappa shape index (κ3) is 3.92. The number of Topliss-reactive ketones (excluding diaryl/α,β-unsaturated/α-hetero) is 1. The number of hydrogen-bond acceptors (Lipinski definition) is 8. The second kappa shape index (κ2) is 9.46. The lowest BCUT2D eigenvalue weighted by molar-refractivity contribution is -0.124. The summed E-state index contributed by atoms with van der Waals surface area (Å²) in [7, 11) is 1.90. The Hall–Kier alpha value is -3.76. The average Bonchev–Trinajstić information content (AvgIpc) is 3.58. The van der Waals surface area contributed by atoms with Gasteiger partial charge >= 0.3 is 0 Å². The summed E-state index contributed by atoms with van der Waals surface area (Å²) >= 11 is 1.30. The van der Waals surface area contributed by atoms with E-state index in [1.54, 1.807) is 18.2 Å². The fourth-order valence-electron chi connectivity index (χ4n) is 5.91. The van der Waals surface area contributed by atoms with Gasteiger partial charge in [0.1, 0.15) is 17.0 Å². The normalized spacial score (nSPS) is 22.5. The quantitative estimate of drug-likeness (QED) is 0.282. The number of nitrogen functional groups attached to an aromatic ring is 1. The van der Waals surface area contributed by atoms with Crippen LogP contribution in [0.3, 0.4) is 0 Å². The lowest BCUT2D eigenvalue weighted by atomic mass is 9.69. The number of nitrogens with two attached hydrogens (primary N) is 3. The SMILES string of the molecule is CNC1CCN(C(=O)c2sc3c(N)ccc4c3c2C(N)C(=O)C4(N)c2ccc(Oc3ccccc3)cc2C)C1. The molecular weight excluding hydrogens is 510 g/mol. The van der Waals surface area contributed by atoms with Crippen LogP contribution in [0.1, 0.15) is 44.4 Å². The Bertz CT molecular complexity index is 1620. The molecule has 3 atom stereocenters. The van der Waals surface area contributed by atoms with Crippen molar-refractivity contribution in [1.82, 2.24) is 10.2 Å². The number of thiophene rings is 1. The number of nitrogens with one attached hydrogen (secondary N) is 1. The van der Waals surface area contributed by atoms with Crippen LogP contribution in [0.2, 0.25) is 0 Å². The van der Waals surface area contributed by atoms with Gasteiger partial charge in [0, 0.05) is 35.8 Å². The maximum Gasteiger partial charge on any atom is 0.264 e. The first-order valence-electron chi connectivity index (χ1n) is 13.0. The largest absolute Gasteiger partial charge is 0.457 e. The molecule has 1 aliphatic carbocycles. The second-order valence-corrected chi connectivity index (χ2v) is 11.3. The molecule has 39 heavy (non-hydrogen) atoms. The van der Waals surface area contributed by atoms with Gasteiger partial charge in [-0.15, -0.1) is 11.3 Å². The van der Waals surface area contributed by atoms with Crippen molar-refractivity contribution in [1.29, 1.82) is 0 Å². The fraction of sp³-hybridized carbons (Fsp3) is 0.267. The number of carbonyl (C=O) groups is 2. The van der Waals surface area contributed by atoms with Crippen LogP contribution in [-0.4, -0.2) is 42.8 Å². The summed E-state index contributed by atoms with van der Waals surface area (Å²) in [5.74, 6) is 0.862. The van der Waals surface area contributed by atoms with Gasteiger partial charge in [0.2, 0.25) is 0 Å². The van der Waals surface area contributed by atoms with Crippen molar-refractivity contribution in [2.24, 2.45) is 11.5 Å². The number of rotatable bonds is 5. The molecule has 0 saturated carbocycles. The molecule has 4 aromatic rings. The monoisotopic (exact) mass is 541 g/mol. The zero-order valence-electron chi connectivity index (χ0n) is 21.9. The van der Waals surface area contributed by atoms with Crippen LogP contribution in [0.25, 0.3) is 10.1 Å². The van der Waals surface area contributed by atoms with Crippen LogP contribution in [0.15, 0.2) is 60.7 Å². The summed E-state index contributed by atoms with van der Waals surface area (Å²) in [5, 5.41) is 3.95. The first-order chi connectivity index (χ1) is 18.7. The Labute approximate surface area is 230 Å². The minimum Gasteiger partial charge on any atom is -0.457 e. The molecule has 9 heteroatoms. The van der Waals surface area contributed by atoms with Crippen LogP contribution in [0, 0.1) is 6.92 Å². The minimum absolute atomic E-state index is 0.124. The van der Waals surface area contributed by atoms with Gasteiger partial charge in [-0.2, -0.15) is 0 Å². The van der Waals surface area contributed by atoms with Crippen LogP contribution in [0.4, 0.5) is 5.69 Å². The molecule has 1 amide bonds. The number of carbonyl (C=O) groups excluding carboxylic acids is 2. The van der Waals surface area contributed by atoms with Crippen LogP contribution in [-0.2, 0) is 10.3 Å². The fourth-order valence-corrected chi connectivity index (χ4v) is 7.18. The van der Waals surface area contributed by atoms with Gasteiger partial charge in [0.05, 0.1) is 15.6 Å². The standard InChI is InChI=1S/C30H31N5O3S/c1-16-14-19(38-18-6-4-3-5-7-18)8-9-20(16)30(33)21-10-11-22(31)26-23(21)24(25(32)28(30)36)27(39-26)29(37)35-13-12-17(15-35)34-2/h3-11,14,17,25,34H,12-13,15,31-33H2,1-2H3. The summed E-state index contributed by atoms with van der Waals surface area (Å²) in [4.78, 5) is 30.1. The summed E-state index contributed by atoms with van der Waals surface area (Å²) < 4.78 is 6.73. The number of nitrogens with zero attached hydrogens (tertiary/aromatic N) is 1. The van der Waals surface area contributed by atoms with Crippen molar-refractivity contribution in [3.8, 4) is 11.5 Å². The lowest BCUT2D eigenvalue weighted by Crippen LogP contribution is -2.53. The third-order valence-electron chi connectivity index (χ3n) is 7.99. The second-order valence-electron chi connectivity index (χ2n) is 10.3. The van der Waals surface area contributed by atoms with E-state index in [1.807, 2.05) is 61.3 Å². The van der Waals surface area contributed by atoms with Crippen molar-refractivity contribution < 1.29 is 14.3 Å². The Morgan fingerprint density at radius 3 is 2.54 bits per heavy atom. The van der Waals surface area contributed by atoms with E-state index in [4.69, 9.17) is 21.9 Å². The van der Waals surface area contributed by atoms with Crippen molar-refractivity contribution >= 4 is 38.8 Å². The first kappa shape index (κ1) is 25.5. The highest BCUT2D eigenvalue weighted by Gasteiger charge is 2.49. The summed E-state index contributed by atoms with van der Waals surface area (Å²) in [6, 6.07) is 17.7. The number of para-hydroxylation sites is 1.